The van der Waals surface area contributed by atoms with Crippen molar-refractivity contribution >= 4 is 32.4 Å². The van der Waals surface area contributed by atoms with Crippen LogP contribution in [-0.4, -0.2) is 58.4 Å². The first-order chi connectivity index (χ1) is 12.9. The van der Waals surface area contributed by atoms with Gasteiger partial charge in [0.15, 0.2) is 11.5 Å². The van der Waals surface area contributed by atoms with Crippen LogP contribution in [0.15, 0.2) is 12.7 Å². The number of anilines is 1. The number of fused-ring (bicyclic) bond motifs is 1. The zero-order valence-corrected chi connectivity index (χ0v) is 16.3. The zero-order chi connectivity index (χ0) is 21.2. The summed E-state index contributed by atoms with van der Waals surface area (Å²) in [7, 11) is -9.11. The molecule has 0 radical (unpaired) electrons. The van der Waals surface area contributed by atoms with Gasteiger partial charge in [-0.25, -0.2) is 19.5 Å². The van der Waals surface area contributed by atoms with Crippen molar-refractivity contribution in [3.8, 4) is 0 Å². The van der Waals surface area contributed by atoms with E-state index in [1.165, 1.54) is 17.2 Å². The highest BCUT2D eigenvalue weighted by Crippen LogP contribution is 2.58. The third kappa shape index (κ3) is 5.29. The monoisotopic (exact) mass is 445 g/mol. The minimum atomic E-state index is -5.82. The van der Waals surface area contributed by atoms with Crippen LogP contribution in [0.2, 0.25) is 0 Å². The van der Waals surface area contributed by atoms with E-state index in [2.05, 4.69) is 24.8 Å². The lowest BCUT2D eigenvalue weighted by Crippen LogP contribution is -2.30. The number of aryl methyl sites for hydroxylation is 1. The van der Waals surface area contributed by atoms with E-state index in [0.29, 0.717) is 17.0 Å². The molecule has 2 rings (SSSR count). The molecule has 28 heavy (non-hydrogen) atoms. The number of phosphoric acid groups is 1. The molecule has 2 heterocycles. The summed E-state index contributed by atoms with van der Waals surface area (Å²) in [5.41, 5.74) is -3.70. The van der Waals surface area contributed by atoms with Gasteiger partial charge in [-0.2, -0.15) is 8.78 Å². The Balaban J connectivity index is 2.20. The van der Waals surface area contributed by atoms with Gasteiger partial charge in [0.1, 0.15) is 11.8 Å². The Labute approximate surface area is 157 Å². The Hall–Kier alpha value is -1.53. The highest BCUT2D eigenvalue weighted by Gasteiger charge is 2.54. The number of halogens is 2. The number of aromatic nitrogens is 4. The highest BCUT2D eigenvalue weighted by molar-refractivity contribution is 7.53. The molecule has 0 aliphatic carbocycles. The Bertz CT molecular complexity index is 915. The number of imidazole rings is 1. The highest BCUT2D eigenvalue weighted by atomic mass is 31.2. The van der Waals surface area contributed by atoms with Crippen molar-refractivity contribution in [2.24, 2.45) is 5.92 Å². The van der Waals surface area contributed by atoms with Gasteiger partial charge in [-0.1, -0.05) is 0 Å². The largest absolute Gasteiger partial charge is 0.469 e. The van der Waals surface area contributed by atoms with Gasteiger partial charge in [0.2, 0.25) is 0 Å². The summed E-state index contributed by atoms with van der Waals surface area (Å²) < 4.78 is 55.9. The van der Waals surface area contributed by atoms with Crippen LogP contribution in [0.3, 0.4) is 0 Å². The van der Waals surface area contributed by atoms with Gasteiger partial charge >= 0.3 is 21.1 Å². The average molecular weight is 445 g/mol. The van der Waals surface area contributed by atoms with Crippen LogP contribution in [0, 0.1) is 5.92 Å². The average Bonchev–Trinajstić information content (AvgIpc) is 2.98. The molecule has 16 heteroatoms. The van der Waals surface area contributed by atoms with Gasteiger partial charge in [-0.15, -0.1) is 0 Å². The van der Waals surface area contributed by atoms with Crippen molar-refractivity contribution in [2.45, 2.75) is 25.1 Å². The SMILES string of the molecule is CNc1ncnc2c1ncn2CC[C@@H](CCOP(=O)(O)O)C(F)(F)P(=O)(O)O. The molecule has 158 valence electrons. The van der Waals surface area contributed by atoms with Crippen LogP contribution in [0.25, 0.3) is 11.2 Å². The summed E-state index contributed by atoms with van der Waals surface area (Å²) in [4.78, 5) is 47.3. The summed E-state index contributed by atoms with van der Waals surface area (Å²) in [6.07, 6.45) is 1.43. The van der Waals surface area contributed by atoms with Gasteiger partial charge in [0.25, 0.3) is 0 Å². The van der Waals surface area contributed by atoms with Crippen molar-refractivity contribution in [1.82, 2.24) is 19.5 Å². The molecular formula is C12H19F2N5O7P2. The number of nitrogens with one attached hydrogen (secondary N) is 1. The molecular weight excluding hydrogens is 426 g/mol. The van der Waals surface area contributed by atoms with E-state index < -0.39 is 46.4 Å². The second-order valence-corrected chi connectivity index (χ2v) is 8.74. The van der Waals surface area contributed by atoms with E-state index in [-0.39, 0.29) is 6.54 Å². The Morgan fingerprint density at radius 3 is 2.46 bits per heavy atom. The molecule has 5 N–H and O–H groups in total. The summed E-state index contributed by atoms with van der Waals surface area (Å²) in [6, 6.07) is 0. The molecule has 0 unspecified atom stereocenters. The van der Waals surface area contributed by atoms with Crippen LogP contribution in [0.5, 0.6) is 0 Å². The fourth-order valence-electron chi connectivity index (χ4n) is 2.57. The van der Waals surface area contributed by atoms with Gasteiger partial charge in [-0.3, -0.25) is 9.09 Å². The maximum Gasteiger partial charge on any atom is 0.469 e. The predicted molar refractivity (Wildman–Crippen MR) is 92.6 cm³/mol. The maximum absolute atomic E-state index is 14.2. The zero-order valence-electron chi connectivity index (χ0n) is 14.5. The second kappa shape index (κ2) is 8.46. The lowest BCUT2D eigenvalue weighted by molar-refractivity contribution is -0.0141. The topological polar surface area (TPSA) is 180 Å². The lowest BCUT2D eigenvalue weighted by Gasteiger charge is -2.27. The van der Waals surface area contributed by atoms with E-state index >= 15 is 0 Å². The van der Waals surface area contributed by atoms with Crippen LogP contribution in [0.4, 0.5) is 14.6 Å². The molecule has 0 aromatic carbocycles. The number of hydrogen-bond donors (Lipinski definition) is 5. The van der Waals surface area contributed by atoms with Crippen molar-refractivity contribution < 1.29 is 42.0 Å². The van der Waals surface area contributed by atoms with Crippen molar-refractivity contribution in [3.63, 3.8) is 0 Å². The minimum Gasteiger partial charge on any atom is -0.371 e. The first-order valence-corrected chi connectivity index (χ1v) is 11.0. The number of alkyl halides is 2. The number of phosphoric ester groups is 1. The maximum atomic E-state index is 14.2. The first-order valence-electron chi connectivity index (χ1n) is 7.84. The van der Waals surface area contributed by atoms with Gasteiger partial charge < -0.3 is 29.5 Å². The summed E-state index contributed by atoms with van der Waals surface area (Å²) in [5, 5.41) is 2.79. The van der Waals surface area contributed by atoms with E-state index in [1.54, 1.807) is 7.05 Å². The first kappa shape index (κ1) is 22.8. The summed E-state index contributed by atoms with van der Waals surface area (Å²) >= 11 is 0. The third-order valence-corrected chi connectivity index (χ3v) is 5.62. The molecule has 0 amide bonds. The Kier molecular flexibility index (Phi) is 6.87. The molecule has 0 aliphatic heterocycles. The second-order valence-electron chi connectivity index (χ2n) is 5.81. The van der Waals surface area contributed by atoms with Crippen molar-refractivity contribution in [1.29, 1.82) is 0 Å². The molecule has 0 saturated carbocycles. The minimum absolute atomic E-state index is 0.132. The summed E-state index contributed by atoms with van der Waals surface area (Å²) in [6.45, 7) is -0.936. The fourth-order valence-corrected chi connectivity index (χ4v) is 3.64. The van der Waals surface area contributed by atoms with E-state index in [1.807, 2.05) is 0 Å². The third-order valence-electron chi connectivity index (χ3n) is 3.96. The van der Waals surface area contributed by atoms with Crippen LogP contribution >= 0.6 is 15.4 Å². The Morgan fingerprint density at radius 1 is 1.21 bits per heavy atom. The fraction of sp³-hybridized carbons (Fsp3) is 0.583. The summed E-state index contributed by atoms with van der Waals surface area (Å²) in [5.74, 6) is -1.50. The molecule has 2 aromatic heterocycles. The van der Waals surface area contributed by atoms with E-state index in [4.69, 9.17) is 19.6 Å². The number of nitrogens with zero attached hydrogens (tertiary/aromatic N) is 4. The van der Waals surface area contributed by atoms with Gasteiger partial charge in [0.05, 0.1) is 12.9 Å². The van der Waals surface area contributed by atoms with E-state index in [0.717, 1.165) is 0 Å². The number of hydrogen-bond acceptors (Lipinski definition) is 7. The molecule has 0 bridgehead atoms. The lowest BCUT2D eigenvalue weighted by atomic mass is 10.0. The van der Waals surface area contributed by atoms with Gasteiger partial charge in [0, 0.05) is 19.5 Å². The molecule has 0 aliphatic rings. The van der Waals surface area contributed by atoms with Crippen molar-refractivity contribution in [2.75, 3.05) is 19.0 Å². The predicted octanol–water partition coefficient (Wildman–Crippen LogP) is 1.14. The van der Waals surface area contributed by atoms with Gasteiger partial charge in [-0.05, 0) is 12.8 Å². The van der Waals surface area contributed by atoms with Crippen LogP contribution in [0.1, 0.15) is 12.8 Å². The van der Waals surface area contributed by atoms with Crippen molar-refractivity contribution in [3.05, 3.63) is 12.7 Å². The Morgan fingerprint density at radius 2 is 1.89 bits per heavy atom. The molecule has 1 atom stereocenters. The van der Waals surface area contributed by atoms with Crippen LogP contribution in [-0.2, 0) is 20.2 Å². The molecule has 0 spiro atoms. The molecule has 2 aromatic rings. The molecule has 0 saturated heterocycles. The standard InChI is InChI=1S/C12H19F2N5O7P2/c1-15-10-9-11(17-6-16-10)19(7-18-9)4-2-8(3-5-26-28(23,24)25)12(13,14)27(20,21)22/h6-8H,2-5H2,1H3,(H,15,16,17)(H2,20,21,22)(H2,23,24,25)/t8-/m0/s1. The molecule has 12 nitrogen and oxygen atoms in total. The number of rotatable bonds is 10. The smallest absolute Gasteiger partial charge is 0.371 e. The quantitative estimate of drug-likeness (QED) is 0.331. The van der Waals surface area contributed by atoms with E-state index in [9.17, 15) is 17.9 Å². The normalized spacial score (nSPS) is 14.4. The molecule has 0 fully saturated rings. The van der Waals surface area contributed by atoms with Crippen LogP contribution < -0.4 is 5.32 Å².